The molecule has 0 aromatic heterocycles. The summed E-state index contributed by atoms with van der Waals surface area (Å²) in [7, 11) is 0. The summed E-state index contributed by atoms with van der Waals surface area (Å²) >= 11 is 0. The van der Waals surface area contributed by atoms with Gasteiger partial charge >= 0.3 is 5.97 Å². The number of ether oxygens (including phenoxy) is 2. The van der Waals surface area contributed by atoms with Gasteiger partial charge in [0.1, 0.15) is 11.4 Å². The maximum absolute atomic E-state index is 11.9. The van der Waals surface area contributed by atoms with Crippen LogP contribution in [-0.2, 0) is 20.7 Å². The Hall–Kier alpha value is -3.42. The van der Waals surface area contributed by atoms with Crippen LogP contribution in [0.3, 0.4) is 0 Å². The van der Waals surface area contributed by atoms with Gasteiger partial charge in [-0.1, -0.05) is 31.2 Å². The van der Waals surface area contributed by atoms with Crippen molar-refractivity contribution in [2.45, 2.75) is 20.3 Å². The largest absolute Gasteiger partial charge is 0.482 e. The van der Waals surface area contributed by atoms with Crippen molar-refractivity contribution in [2.75, 3.05) is 18.5 Å². The van der Waals surface area contributed by atoms with Gasteiger partial charge in [-0.3, -0.25) is 14.9 Å². The number of anilines is 1. The Kier molecular flexibility index (Phi) is 6.87. The van der Waals surface area contributed by atoms with Crippen LogP contribution in [0.4, 0.5) is 11.4 Å². The van der Waals surface area contributed by atoms with Gasteiger partial charge in [0.25, 0.3) is 11.6 Å². The first-order valence-corrected chi connectivity index (χ1v) is 8.32. The predicted octanol–water partition coefficient (Wildman–Crippen LogP) is 3.03. The second-order valence-electron chi connectivity index (χ2n) is 5.72. The molecule has 2 aromatic rings. The number of nitro benzene ring substituents is 1. The molecule has 2 aromatic carbocycles. The van der Waals surface area contributed by atoms with Gasteiger partial charge in [-0.2, -0.15) is 0 Å². The lowest BCUT2D eigenvalue weighted by Gasteiger charge is -2.10. The number of nitrogens with one attached hydrogen (secondary N) is 1. The first-order chi connectivity index (χ1) is 12.9. The van der Waals surface area contributed by atoms with Crippen LogP contribution >= 0.6 is 0 Å². The number of hydrogen-bond acceptors (Lipinski definition) is 6. The van der Waals surface area contributed by atoms with Gasteiger partial charge in [-0.05, 0) is 36.6 Å². The van der Waals surface area contributed by atoms with E-state index in [1.807, 2.05) is 19.1 Å². The van der Waals surface area contributed by atoms with Crippen LogP contribution in [0, 0.1) is 17.0 Å². The van der Waals surface area contributed by atoms with E-state index in [0.29, 0.717) is 11.3 Å². The van der Waals surface area contributed by atoms with Crippen molar-refractivity contribution in [1.82, 2.24) is 0 Å². The summed E-state index contributed by atoms with van der Waals surface area (Å²) in [5.74, 6) is -0.874. The molecule has 0 aliphatic carbocycles. The zero-order valence-electron chi connectivity index (χ0n) is 15.1. The van der Waals surface area contributed by atoms with Crippen molar-refractivity contribution >= 4 is 23.3 Å². The zero-order chi connectivity index (χ0) is 19.8. The molecular weight excluding hydrogens is 352 g/mol. The summed E-state index contributed by atoms with van der Waals surface area (Å²) in [5.41, 5.74) is 1.53. The fraction of sp³-hybridized carbons (Fsp3) is 0.263. The number of benzene rings is 2. The van der Waals surface area contributed by atoms with Gasteiger partial charge in [0.05, 0.1) is 4.92 Å². The second kappa shape index (κ2) is 9.33. The lowest BCUT2D eigenvalue weighted by Crippen LogP contribution is -2.24. The Labute approximate surface area is 156 Å². The second-order valence-corrected chi connectivity index (χ2v) is 5.72. The third kappa shape index (κ3) is 5.81. The highest BCUT2D eigenvalue weighted by atomic mass is 16.6. The molecule has 0 aliphatic heterocycles. The minimum Gasteiger partial charge on any atom is -0.482 e. The molecule has 0 radical (unpaired) electrons. The number of rotatable bonds is 8. The fourth-order valence-electron chi connectivity index (χ4n) is 2.29. The van der Waals surface area contributed by atoms with E-state index in [9.17, 15) is 19.7 Å². The molecule has 0 aliphatic rings. The number of carbonyl (C=O) groups is 2. The molecule has 0 fully saturated rings. The van der Waals surface area contributed by atoms with Crippen molar-refractivity contribution in [2.24, 2.45) is 0 Å². The maximum atomic E-state index is 11.9. The van der Waals surface area contributed by atoms with E-state index < -0.39 is 23.4 Å². The van der Waals surface area contributed by atoms with E-state index in [2.05, 4.69) is 5.32 Å². The quantitative estimate of drug-likeness (QED) is 0.433. The maximum Gasteiger partial charge on any atom is 0.344 e. The highest BCUT2D eigenvalue weighted by molar-refractivity contribution is 5.95. The number of nitrogens with zero attached hydrogens (tertiary/aromatic N) is 1. The molecule has 0 atom stereocenters. The van der Waals surface area contributed by atoms with Crippen molar-refractivity contribution in [3.63, 3.8) is 0 Å². The zero-order valence-corrected chi connectivity index (χ0v) is 15.1. The fourth-order valence-corrected chi connectivity index (χ4v) is 2.29. The number of aryl methyl sites for hydroxylation is 2. The Balaban J connectivity index is 1.83. The van der Waals surface area contributed by atoms with Gasteiger partial charge in [0.2, 0.25) is 0 Å². The molecule has 2 rings (SSSR count). The highest BCUT2D eigenvalue weighted by Crippen LogP contribution is 2.27. The summed E-state index contributed by atoms with van der Waals surface area (Å²) in [4.78, 5) is 34.1. The average Bonchev–Trinajstić information content (AvgIpc) is 2.66. The van der Waals surface area contributed by atoms with Gasteiger partial charge in [0, 0.05) is 6.07 Å². The van der Waals surface area contributed by atoms with Crippen LogP contribution in [0.2, 0.25) is 0 Å². The van der Waals surface area contributed by atoms with Crippen molar-refractivity contribution in [3.05, 3.63) is 63.7 Å². The summed E-state index contributed by atoms with van der Waals surface area (Å²) in [6.07, 6.45) is 0.899. The topological polar surface area (TPSA) is 108 Å². The van der Waals surface area contributed by atoms with Crippen LogP contribution in [-0.4, -0.2) is 30.0 Å². The van der Waals surface area contributed by atoms with Crippen LogP contribution < -0.4 is 10.1 Å². The molecule has 8 heteroatoms. The lowest BCUT2D eigenvalue weighted by atomic mass is 10.1. The molecule has 0 spiro atoms. The molecule has 142 valence electrons. The van der Waals surface area contributed by atoms with Crippen molar-refractivity contribution in [3.8, 4) is 5.75 Å². The molecule has 1 N–H and O–H groups in total. The summed E-state index contributed by atoms with van der Waals surface area (Å²) < 4.78 is 10.1. The molecule has 0 bridgehead atoms. The minimum absolute atomic E-state index is 0.0795. The molecule has 1 amide bonds. The lowest BCUT2D eigenvalue weighted by molar-refractivity contribution is -0.384. The standard InChI is InChI=1S/C19H20N2O6/c1-3-14-7-9-15(10-8-14)26-12-18(23)27-11-17(22)20-19-13(2)5-4-6-16(19)21(24)25/h4-10H,3,11-12H2,1-2H3,(H,20,22). The number of carbonyl (C=O) groups excluding carboxylic acids is 2. The highest BCUT2D eigenvalue weighted by Gasteiger charge is 2.18. The third-order valence-corrected chi connectivity index (χ3v) is 3.76. The van der Waals surface area contributed by atoms with Crippen LogP contribution in [0.15, 0.2) is 42.5 Å². The number of nitro groups is 1. The number of esters is 1. The Bertz CT molecular complexity index is 833. The van der Waals surface area contributed by atoms with Crippen molar-refractivity contribution < 1.29 is 24.0 Å². The summed E-state index contributed by atoms with van der Waals surface area (Å²) in [6, 6.07) is 11.7. The van der Waals surface area contributed by atoms with E-state index in [-0.39, 0.29) is 18.0 Å². The van der Waals surface area contributed by atoms with E-state index >= 15 is 0 Å². The van der Waals surface area contributed by atoms with Gasteiger partial charge in [0.15, 0.2) is 13.2 Å². The van der Waals surface area contributed by atoms with Crippen LogP contribution in [0.5, 0.6) is 5.75 Å². The molecule has 8 nitrogen and oxygen atoms in total. The molecule has 0 heterocycles. The van der Waals surface area contributed by atoms with Gasteiger partial charge < -0.3 is 14.8 Å². The van der Waals surface area contributed by atoms with E-state index in [1.165, 1.54) is 12.1 Å². The summed E-state index contributed by atoms with van der Waals surface area (Å²) in [6.45, 7) is 2.75. The van der Waals surface area contributed by atoms with Crippen LogP contribution in [0.25, 0.3) is 0 Å². The minimum atomic E-state index is -0.719. The number of hydrogen-bond donors (Lipinski definition) is 1. The number of para-hydroxylation sites is 1. The SMILES string of the molecule is CCc1ccc(OCC(=O)OCC(=O)Nc2c(C)cccc2[N+](=O)[O-])cc1. The Morgan fingerprint density at radius 3 is 2.44 bits per heavy atom. The normalized spacial score (nSPS) is 10.1. The van der Waals surface area contributed by atoms with Crippen molar-refractivity contribution in [1.29, 1.82) is 0 Å². The number of amides is 1. The monoisotopic (exact) mass is 372 g/mol. The molecule has 0 saturated carbocycles. The molecule has 0 saturated heterocycles. The van der Waals surface area contributed by atoms with Gasteiger partial charge in [-0.15, -0.1) is 0 Å². The predicted molar refractivity (Wildman–Crippen MR) is 98.7 cm³/mol. The average molecular weight is 372 g/mol. The summed E-state index contributed by atoms with van der Waals surface area (Å²) in [5, 5.41) is 13.4. The van der Waals surface area contributed by atoms with Crippen LogP contribution in [0.1, 0.15) is 18.1 Å². The van der Waals surface area contributed by atoms with E-state index in [0.717, 1.165) is 12.0 Å². The van der Waals surface area contributed by atoms with Gasteiger partial charge in [-0.25, -0.2) is 4.79 Å². The smallest absolute Gasteiger partial charge is 0.344 e. The first-order valence-electron chi connectivity index (χ1n) is 8.32. The first kappa shape index (κ1) is 19.9. The Morgan fingerprint density at radius 2 is 1.81 bits per heavy atom. The molecule has 27 heavy (non-hydrogen) atoms. The van der Waals surface area contributed by atoms with E-state index in [1.54, 1.807) is 25.1 Å². The molecular formula is C19H20N2O6. The Morgan fingerprint density at radius 1 is 1.11 bits per heavy atom. The van der Waals surface area contributed by atoms with E-state index in [4.69, 9.17) is 9.47 Å². The molecule has 0 unspecified atom stereocenters. The third-order valence-electron chi connectivity index (χ3n) is 3.76.